The maximum absolute atomic E-state index is 5.91. The van der Waals surface area contributed by atoms with Gasteiger partial charge in [-0.3, -0.25) is 0 Å². The second-order valence-corrected chi connectivity index (χ2v) is 4.45. The first-order chi connectivity index (χ1) is 7.70. The molecule has 1 saturated carbocycles. The summed E-state index contributed by atoms with van der Waals surface area (Å²) in [5.41, 5.74) is 6.95. The average Bonchev–Trinajstić information content (AvgIpc) is 3.09. The fourth-order valence-electron chi connectivity index (χ4n) is 1.63. The Bertz CT molecular complexity index is 364. The maximum atomic E-state index is 5.91. The summed E-state index contributed by atoms with van der Waals surface area (Å²) >= 11 is 0. The van der Waals surface area contributed by atoms with E-state index in [2.05, 4.69) is 0 Å². The molecule has 1 aromatic rings. The SMILES string of the molecule is COc1ccc([C@H](C)N)c(OCC2CC2)c1.Cl. The summed E-state index contributed by atoms with van der Waals surface area (Å²) in [4.78, 5) is 0. The summed E-state index contributed by atoms with van der Waals surface area (Å²) in [6.07, 6.45) is 2.58. The van der Waals surface area contributed by atoms with Gasteiger partial charge in [-0.25, -0.2) is 0 Å². The normalized spacial score (nSPS) is 15.9. The minimum Gasteiger partial charge on any atom is -0.497 e. The Morgan fingerprint density at radius 3 is 2.65 bits per heavy atom. The highest BCUT2D eigenvalue weighted by molar-refractivity contribution is 5.85. The highest BCUT2D eigenvalue weighted by Gasteiger charge is 2.22. The lowest BCUT2D eigenvalue weighted by atomic mass is 10.1. The number of benzene rings is 1. The van der Waals surface area contributed by atoms with E-state index in [9.17, 15) is 0 Å². The molecule has 1 aliphatic carbocycles. The molecule has 0 spiro atoms. The van der Waals surface area contributed by atoms with E-state index >= 15 is 0 Å². The van der Waals surface area contributed by atoms with Crippen molar-refractivity contribution < 1.29 is 9.47 Å². The zero-order chi connectivity index (χ0) is 11.5. The zero-order valence-electron chi connectivity index (χ0n) is 10.3. The maximum Gasteiger partial charge on any atom is 0.127 e. The molecule has 0 unspecified atom stereocenters. The summed E-state index contributed by atoms with van der Waals surface area (Å²) in [6.45, 7) is 2.76. The van der Waals surface area contributed by atoms with E-state index in [-0.39, 0.29) is 18.4 Å². The van der Waals surface area contributed by atoms with E-state index in [1.807, 2.05) is 25.1 Å². The van der Waals surface area contributed by atoms with Gasteiger partial charge in [0.25, 0.3) is 0 Å². The second kappa shape index (κ2) is 6.12. The van der Waals surface area contributed by atoms with E-state index in [0.29, 0.717) is 0 Å². The molecule has 0 aromatic heterocycles. The molecule has 0 radical (unpaired) electrons. The molecule has 1 fully saturated rings. The van der Waals surface area contributed by atoms with E-state index < -0.39 is 0 Å². The highest BCUT2D eigenvalue weighted by Crippen LogP contribution is 2.33. The summed E-state index contributed by atoms with van der Waals surface area (Å²) in [5.74, 6) is 2.42. The van der Waals surface area contributed by atoms with Crippen LogP contribution in [0.25, 0.3) is 0 Å². The predicted molar refractivity (Wildman–Crippen MR) is 71.1 cm³/mol. The number of hydrogen-bond acceptors (Lipinski definition) is 3. The van der Waals surface area contributed by atoms with E-state index in [1.54, 1.807) is 7.11 Å². The molecule has 0 aliphatic heterocycles. The molecule has 1 aliphatic rings. The van der Waals surface area contributed by atoms with Crippen molar-refractivity contribution in [3.05, 3.63) is 23.8 Å². The Morgan fingerprint density at radius 2 is 2.12 bits per heavy atom. The van der Waals surface area contributed by atoms with Crippen LogP contribution in [0.4, 0.5) is 0 Å². The van der Waals surface area contributed by atoms with Crippen molar-refractivity contribution in [2.24, 2.45) is 11.7 Å². The van der Waals surface area contributed by atoms with Crippen molar-refractivity contribution in [1.29, 1.82) is 0 Å². The summed E-state index contributed by atoms with van der Waals surface area (Å²) in [7, 11) is 1.66. The second-order valence-electron chi connectivity index (χ2n) is 4.45. The van der Waals surface area contributed by atoms with Gasteiger partial charge >= 0.3 is 0 Å². The Hall–Kier alpha value is -0.930. The first kappa shape index (κ1) is 14.1. The monoisotopic (exact) mass is 257 g/mol. The van der Waals surface area contributed by atoms with Crippen LogP contribution in [0.5, 0.6) is 11.5 Å². The average molecular weight is 258 g/mol. The molecule has 3 nitrogen and oxygen atoms in total. The number of ether oxygens (including phenoxy) is 2. The van der Waals surface area contributed by atoms with Gasteiger partial charge in [0.15, 0.2) is 0 Å². The van der Waals surface area contributed by atoms with Crippen molar-refractivity contribution in [1.82, 2.24) is 0 Å². The standard InChI is InChI=1S/C13H19NO2.ClH/c1-9(14)12-6-5-11(15-2)7-13(12)16-8-10-3-4-10;/h5-7,9-10H,3-4,8,14H2,1-2H3;1H/t9-;/m0./s1. The molecule has 0 saturated heterocycles. The van der Waals surface area contributed by atoms with Crippen molar-refractivity contribution >= 4 is 12.4 Å². The summed E-state index contributed by atoms with van der Waals surface area (Å²) in [6, 6.07) is 5.80. The van der Waals surface area contributed by atoms with Gasteiger partial charge in [-0.05, 0) is 31.7 Å². The zero-order valence-corrected chi connectivity index (χ0v) is 11.1. The van der Waals surface area contributed by atoms with Gasteiger partial charge in [0.05, 0.1) is 13.7 Å². The van der Waals surface area contributed by atoms with Crippen LogP contribution in [-0.2, 0) is 0 Å². The van der Waals surface area contributed by atoms with Gasteiger partial charge in [0.2, 0.25) is 0 Å². The van der Waals surface area contributed by atoms with Crippen LogP contribution in [0.15, 0.2) is 18.2 Å². The van der Waals surface area contributed by atoms with Crippen molar-refractivity contribution in [3.63, 3.8) is 0 Å². The Kier molecular flexibility index (Phi) is 5.09. The molecular weight excluding hydrogens is 238 g/mol. The third-order valence-electron chi connectivity index (χ3n) is 2.88. The number of methoxy groups -OCH3 is 1. The van der Waals surface area contributed by atoms with Crippen molar-refractivity contribution in [2.45, 2.75) is 25.8 Å². The van der Waals surface area contributed by atoms with E-state index in [0.717, 1.165) is 29.6 Å². The topological polar surface area (TPSA) is 44.5 Å². The smallest absolute Gasteiger partial charge is 0.127 e. The fourth-order valence-corrected chi connectivity index (χ4v) is 1.63. The molecule has 2 N–H and O–H groups in total. The Balaban J connectivity index is 0.00000144. The molecular formula is C13H20ClNO2. The number of halogens is 1. The lowest BCUT2D eigenvalue weighted by Crippen LogP contribution is -2.09. The first-order valence-electron chi connectivity index (χ1n) is 5.77. The molecule has 0 bridgehead atoms. The lowest BCUT2D eigenvalue weighted by molar-refractivity contribution is 0.293. The largest absolute Gasteiger partial charge is 0.497 e. The van der Waals surface area contributed by atoms with E-state index in [4.69, 9.17) is 15.2 Å². The summed E-state index contributed by atoms with van der Waals surface area (Å²) < 4.78 is 11.0. The molecule has 4 heteroatoms. The van der Waals surface area contributed by atoms with Crippen LogP contribution in [0.3, 0.4) is 0 Å². The number of rotatable bonds is 5. The molecule has 1 aromatic carbocycles. The Morgan fingerprint density at radius 1 is 1.41 bits per heavy atom. The van der Waals surface area contributed by atoms with Crippen LogP contribution in [0.1, 0.15) is 31.4 Å². The molecule has 2 rings (SSSR count). The van der Waals surface area contributed by atoms with Gasteiger partial charge in [0, 0.05) is 17.7 Å². The highest BCUT2D eigenvalue weighted by atomic mass is 35.5. The fraction of sp³-hybridized carbons (Fsp3) is 0.538. The predicted octanol–water partition coefficient (Wildman–Crippen LogP) is 2.93. The van der Waals surface area contributed by atoms with E-state index in [1.165, 1.54) is 12.8 Å². The molecule has 0 amide bonds. The van der Waals surface area contributed by atoms with Crippen molar-refractivity contribution in [2.75, 3.05) is 13.7 Å². The summed E-state index contributed by atoms with van der Waals surface area (Å²) in [5, 5.41) is 0. The Labute approximate surface area is 109 Å². The van der Waals surface area contributed by atoms with Gasteiger partial charge in [-0.1, -0.05) is 6.07 Å². The van der Waals surface area contributed by atoms with Crippen molar-refractivity contribution in [3.8, 4) is 11.5 Å². The van der Waals surface area contributed by atoms with Gasteiger partial charge in [-0.2, -0.15) is 0 Å². The molecule has 17 heavy (non-hydrogen) atoms. The molecule has 1 atom stereocenters. The minimum atomic E-state index is -0.0138. The van der Waals surface area contributed by atoms with Gasteiger partial charge in [0.1, 0.15) is 11.5 Å². The number of hydrogen-bond donors (Lipinski definition) is 1. The van der Waals surface area contributed by atoms with Crippen LogP contribution >= 0.6 is 12.4 Å². The first-order valence-corrected chi connectivity index (χ1v) is 5.77. The van der Waals surface area contributed by atoms with Crippen LogP contribution in [-0.4, -0.2) is 13.7 Å². The van der Waals surface area contributed by atoms with Crippen LogP contribution in [0, 0.1) is 5.92 Å². The van der Waals surface area contributed by atoms with Crippen LogP contribution in [0.2, 0.25) is 0 Å². The third kappa shape index (κ3) is 3.79. The van der Waals surface area contributed by atoms with Gasteiger partial charge < -0.3 is 15.2 Å². The quantitative estimate of drug-likeness (QED) is 0.882. The number of nitrogens with two attached hydrogens (primary N) is 1. The van der Waals surface area contributed by atoms with Gasteiger partial charge in [-0.15, -0.1) is 12.4 Å². The molecule has 96 valence electrons. The minimum absolute atomic E-state index is 0. The lowest BCUT2D eigenvalue weighted by Gasteiger charge is -2.15. The third-order valence-corrected chi connectivity index (χ3v) is 2.88. The molecule has 0 heterocycles. The van der Waals surface area contributed by atoms with Crippen LogP contribution < -0.4 is 15.2 Å².